The molecule has 5 heteroatoms. The highest BCUT2D eigenvalue weighted by atomic mass is 32.1. The standard InChI is InChI=1S/C21H26O4S/c1-19-7-5-13(26)9-12(19)3-4-14-15-6-8-21(25,17(24)11-22)20(15,2)10-16(23)18(14)19/h5,7,9,14-15,18,22,25H,3-4,6,8,10-11H2,1-2H3/t14-,15-,18+,19-,20-,21-/m0/s1. The van der Waals surface area contributed by atoms with Crippen LogP contribution in [0.2, 0.25) is 0 Å². The second kappa shape index (κ2) is 5.66. The molecule has 0 aromatic carbocycles. The van der Waals surface area contributed by atoms with Crippen LogP contribution in [0.25, 0.3) is 0 Å². The van der Waals surface area contributed by atoms with Gasteiger partial charge in [0.2, 0.25) is 0 Å². The molecule has 4 aliphatic carbocycles. The minimum Gasteiger partial charge on any atom is -0.388 e. The number of thiocarbonyl (C=S) groups is 1. The highest BCUT2D eigenvalue weighted by Crippen LogP contribution is 2.66. The molecular weight excluding hydrogens is 348 g/mol. The average Bonchev–Trinajstić information content (AvgIpc) is 2.86. The number of allylic oxidation sites excluding steroid dienone is 4. The fraction of sp³-hybridized carbons (Fsp3) is 0.667. The Bertz CT molecular complexity index is 768. The van der Waals surface area contributed by atoms with Crippen molar-refractivity contribution >= 4 is 28.6 Å². The maximum absolute atomic E-state index is 13.3. The third-order valence-electron chi connectivity index (χ3n) is 8.01. The molecule has 2 N–H and O–H groups in total. The Labute approximate surface area is 159 Å². The van der Waals surface area contributed by atoms with Crippen molar-refractivity contribution in [2.75, 3.05) is 6.61 Å². The van der Waals surface area contributed by atoms with Crippen LogP contribution in [0.15, 0.2) is 23.8 Å². The summed E-state index contributed by atoms with van der Waals surface area (Å²) >= 11 is 5.32. The molecule has 0 aromatic heterocycles. The zero-order valence-corrected chi connectivity index (χ0v) is 16.1. The fourth-order valence-corrected chi connectivity index (χ4v) is 6.83. The van der Waals surface area contributed by atoms with E-state index in [1.807, 2.05) is 19.1 Å². The van der Waals surface area contributed by atoms with Gasteiger partial charge in [0.25, 0.3) is 0 Å². The first-order valence-electron chi connectivity index (χ1n) is 9.51. The van der Waals surface area contributed by atoms with Crippen LogP contribution in [0.5, 0.6) is 0 Å². The lowest BCUT2D eigenvalue weighted by molar-refractivity contribution is -0.168. The van der Waals surface area contributed by atoms with Crippen molar-refractivity contribution in [3.8, 4) is 0 Å². The van der Waals surface area contributed by atoms with Crippen molar-refractivity contribution in [2.45, 2.75) is 51.6 Å². The lowest BCUT2D eigenvalue weighted by Gasteiger charge is -2.56. The molecule has 0 aliphatic heterocycles. The largest absolute Gasteiger partial charge is 0.388 e. The molecule has 3 fully saturated rings. The van der Waals surface area contributed by atoms with Crippen molar-refractivity contribution in [3.05, 3.63) is 23.8 Å². The van der Waals surface area contributed by atoms with E-state index in [-0.39, 0.29) is 35.4 Å². The molecule has 26 heavy (non-hydrogen) atoms. The van der Waals surface area contributed by atoms with E-state index in [1.165, 1.54) is 5.57 Å². The van der Waals surface area contributed by atoms with E-state index in [1.54, 1.807) is 0 Å². The van der Waals surface area contributed by atoms with Gasteiger partial charge in [0.15, 0.2) is 5.78 Å². The summed E-state index contributed by atoms with van der Waals surface area (Å²) in [5.74, 6) is -0.261. The van der Waals surface area contributed by atoms with E-state index in [9.17, 15) is 19.8 Å². The van der Waals surface area contributed by atoms with Crippen LogP contribution in [-0.4, -0.2) is 38.9 Å². The molecule has 0 heterocycles. The molecule has 3 saturated carbocycles. The average molecular weight is 375 g/mol. The number of ketones is 2. The van der Waals surface area contributed by atoms with Crippen LogP contribution in [0.4, 0.5) is 0 Å². The predicted molar refractivity (Wildman–Crippen MR) is 102 cm³/mol. The lowest BCUT2D eigenvalue weighted by atomic mass is 9.46. The Balaban J connectivity index is 1.76. The topological polar surface area (TPSA) is 74.6 Å². The number of Topliss-reactive ketones (excluding diaryl/α,β-unsaturated/α-hetero) is 2. The molecule has 0 bridgehead atoms. The Morgan fingerprint density at radius 3 is 2.77 bits per heavy atom. The molecule has 0 saturated heterocycles. The first-order valence-corrected chi connectivity index (χ1v) is 9.92. The van der Waals surface area contributed by atoms with E-state index < -0.39 is 23.4 Å². The Morgan fingerprint density at radius 1 is 1.35 bits per heavy atom. The van der Waals surface area contributed by atoms with E-state index in [0.29, 0.717) is 6.42 Å². The Kier molecular flexibility index (Phi) is 3.97. The van der Waals surface area contributed by atoms with E-state index in [0.717, 1.165) is 24.1 Å². The summed E-state index contributed by atoms with van der Waals surface area (Å²) < 4.78 is 0. The molecule has 0 amide bonds. The monoisotopic (exact) mass is 374 g/mol. The van der Waals surface area contributed by atoms with Crippen molar-refractivity contribution in [3.63, 3.8) is 0 Å². The van der Waals surface area contributed by atoms with Crippen LogP contribution < -0.4 is 0 Å². The molecule has 0 aromatic rings. The fourth-order valence-electron chi connectivity index (χ4n) is 6.62. The van der Waals surface area contributed by atoms with Gasteiger partial charge in [0.05, 0.1) is 0 Å². The van der Waals surface area contributed by atoms with Crippen molar-refractivity contribution < 1.29 is 19.8 Å². The number of aliphatic hydroxyl groups is 2. The van der Waals surface area contributed by atoms with Gasteiger partial charge in [-0.3, -0.25) is 9.59 Å². The maximum Gasteiger partial charge on any atom is 0.190 e. The SMILES string of the molecule is C[C@]12C=CC(=S)C=C1CC[C@@H]1[C@@H]2C(=O)C[C@@]2(C)[C@H]1CC[C@]2(O)C(=O)CO. The van der Waals surface area contributed by atoms with Gasteiger partial charge in [-0.2, -0.15) is 0 Å². The number of fused-ring (bicyclic) bond motifs is 5. The summed E-state index contributed by atoms with van der Waals surface area (Å²) in [4.78, 5) is 26.5. The Hall–Kier alpha value is -1.17. The van der Waals surface area contributed by atoms with Crippen LogP contribution in [-0.2, 0) is 9.59 Å². The first-order chi connectivity index (χ1) is 12.2. The van der Waals surface area contributed by atoms with Crippen LogP contribution in [0, 0.1) is 28.6 Å². The number of aliphatic hydroxyl groups excluding tert-OH is 1. The van der Waals surface area contributed by atoms with Gasteiger partial charge < -0.3 is 10.2 Å². The lowest BCUT2D eigenvalue weighted by Crippen LogP contribution is -2.60. The molecule has 140 valence electrons. The van der Waals surface area contributed by atoms with E-state index in [4.69, 9.17) is 12.2 Å². The minimum atomic E-state index is -1.59. The molecule has 0 spiro atoms. The zero-order chi connectivity index (χ0) is 18.9. The number of carbonyl (C=O) groups excluding carboxylic acids is 2. The molecule has 6 atom stereocenters. The van der Waals surface area contributed by atoms with Crippen LogP contribution in [0.1, 0.15) is 46.0 Å². The number of hydrogen-bond donors (Lipinski definition) is 2. The van der Waals surface area contributed by atoms with Gasteiger partial charge in [-0.25, -0.2) is 0 Å². The summed E-state index contributed by atoms with van der Waals surface area (Å²) in [6.07, 6.45) is 9.12. The predicted octanol–water partition coefficient (Wildman–Crippen LogP) is 2.57. The second-order valence-corrected chi connectivity index (χ2v) is 9.49. The van der Waals surface area contributed by atoms with E-state index >= 15 is 0 Å². The van der Waals surface area contributed by atoms with Gasteiger partial charge in [0, 0.05) is 28.0 Å². The summed E-state index contributed by atoms with van der Waals surface area (Å²) in [5, 5.41) is 20.5. The summed E-state index contributed by atoms with van der Waals surface area (Å²) in [6.45, 7) is 3.34. The van der Waals surface area contributed by atoms with Crippen molar-refractivity contribution in [2.24, 2.45) is 28.6 Å². The maximum atomic E-state index is 13.3. The van der Waals surface area contributed by atoms with Gasteiger partial charge in [-0.1, -0.05) is 37.7 Å². The summed E-state index contributed by atoms with van der Waals surface area (Å²) in [6, 6.07) is 0. The molecule has 0 radical (unpaired) electrons. The van der Waals surface area contributed by atoms with Gasteiger partial charge >= 0.3 is 0 Å². The summed E-state index contributed by atoms with van der Waals surface area (Å²) in [5.41, 5.74) is -1.45. The van der Waals surface area contributed by atoms with Crippen molar-refractivity contribution in [1.29, 1.82) is 0 Å². The Morgan fingerprint density at radius 2 is 2.08 bits per heavy atom. The number of rotatable bonds is 2. The zero-order valence-electron chi connectivity index (χ0n) is 15.3. The van der Waals surface area contributed by atoms with Gasteiger partial charge in [-0.15, -0.1) is 0 Å². The second-order valence-electron chi connectivity index (χ2n) is 9.02. The number of carbonyl (C=O) groups is 2. The highest BCUT2D eigenvalue weighted by molar-refractivity contribution is 7.81. The van der Waals surface area contributed by atoms with Gasteiger partial charge in [-0.05, 0) is 49.7 Å². The molecule has 4 aliphatic rings. The third kappa shape index (κ3) is 2.11. The minimum absolute atomic E-state index is 0.117. The summed E-state index contributed by atoms with van der Waals surface area (Å²) in [7, 11) is 0. The van der Waals surface area contributed by atoms with Crippen molar-refractivity contribution in [1.82, 2.24) is 0 Å². The highest BCUT2D eigenvalue weighted by Gasteiger charge is 2.68. The number of hydrogen-bond acceptors (Lipinski definition) is 5. The van der Waals surface area contributed by atoms with Crippen LogP contribution in [0.3, 0.4) is 0 Å². The third-order valence-corrected chi connectivity index (χ3v) is 8.27. The normalized spacial score (nSPS) is 47.1. The first kappa shape index (κ1) is 18.2. The molecule has 0 unspecified atom stereocenters. The van der Waals surface area contributed by atoms with E-state index in [2.05, 4.69) is 13.0 Å². The molecule has 4 nitrogen and oxygen atoms in total. The quantitative estimate of drug-likeness (QED) is 0.727. The van der Waals surface area contributed by atoms with Gasteiger partial charge in [0.1, 0.15) is 18.0 Å². The molecular formula is C21H26O4S. The van der Waals surface area contributed by atoms with Crippen LogP contribution >= 0.6 is 12.2 Å². The molecule has 4 rings (SSSR count). The smallest absolute Gasteiger partial charge is 0.190 e.